The van der Waals surface area contributed by atoms with Gasteiger partial charge in [-0.2, -0.15) is 18.2 Å². The zero-order valence-electron chi connectivity index (χ0n) is 37.0. The Labute approximate surface area is 417 Å². The minimum Gasteiger partial charge on any atom is -1.00 e. The number of hydrogen-bond donors (Lipinski definition) is 0. The Bertz CT molecular complexity index is 2820. The van der Waals surface area contributed by atoms with E-state index in [-0.39, 0.29) is 35.6 Å². The van der Waals surface area contributed by atoms with Crippen LogP contribution in [0.5, 0.6) is 0 Å². The van der Waals surface area contributed by atoms with Gasteiger partial charge in [-0.15, -0.1) is 28.8 Å². The normalized spacial score (nSPS) is 11.5. The molecular weight excluding hydrogens is 942 g/mol. The first-order valence-corrected chi connectivity index (χ1v) is 23.3. The van der Waals surface area contributed by atoms with Crippen molar-refractivity contribution in [3.05, 3.63) is 231 Å². The molecule has 0 spiro atoms. The minimum atomic E-state index is 0. The summed E-state index contributed by atoms with van der Waals surface area (Å²) in [4.78, 5) is 0. The van der Waals surface area contributed by atoms with Gasteiger partial charge in [0.2, 0.25) is 0 Å². The van der Waals surface area contributed by atoms with Gasteiger partial charge < -0.3 is 24.8 Å². The summed E-state index contributed by atoms with van der Waals surface area (Å²) < 4.78 is 1.31. The van der Waals surface area contributed by atoms with Gasteiger partial charge in [0.15, 0.2) is 0 Å². The Morgan fingerprint density at radius 1 is 0.500 bits per heavy atom. The molecule has 0 radical (unpaired) electrons. The molecule has 0 amide bonds. The van der Waals surface area contributed by atoms with Gasteiger partial charge in [0.05, 0.1) is 0 Å². The maximum Gasteiger partial charge on any atom is -0.172 e. The summed E-state index contributed by atoms with van der Waals surface area (Å²) in [5, 5.41) is 6.15. The van der Waals surface area contributed by atoms with E-state index in [4.69, 9.17) is 23.2 Å². The molecular formula is C59H50Cl4Zr-2. The third-order valence-corrected chi connectivity index (χ3v) is 13.6. The molecule has 0 heterocycles. The molecule has 9 aromatic rings. The van der Waals surface area contributed by atoms with Crippen LogP contribution in [0.4, 0.5) is 0 Å². The Hall–Kier alpha value is -4.46. The monoisotopic (exact) mass is 988 g/mol. The van der Waals surface area contributed by atoms with Crippen molar-refractivity contribution in [3.63, 3.8) is 0 Å². The molecule has 64 heavy (non-hydrogen) atoms. The van der Waals surface area contributed by atoms with Crippen LogP contribution in [0.15, 0.2) is 182 Å². The summed E-state index contributed by atoms with van der Waals surface area (Å²) in [6.45, 7) is 13.9. The predicted molar refractivity (Wildman–Crippen MR) is 265 cm³/mol. The third kappa shape index (κ3) is 10.5. The molecule has 9 aromatic carbocycles. The van der Waals surface area contributed by atoms with Crippen LogP contribution in [0.3, 0.4) is 0 Å². The maximum absolute atomic E-state index is 6.38. The quantitative estimate of drug-likeness (QED) is 0.154. The van der Waals surface area contributed by atoms with Crippen LogP contribution < -0.4 is 24.8 Å². The van der Waals surface area contributed by atoms with Crippen molar-refractivity contribution in [2.24, 2.45) is 0 Å². The largest absolute Gasteiger partial charge is 1.00 e. The summed E-state index contributed by atoms with van der Waals surface area (Å²) in [6, 6.07) is 67.6. The van der Waals surface area contributed by atoms with E-state index in [2.05, 4.69) is 175 Å². The number of rotatable bonds is 4. The summed E-state index contributed by atoms with van der Waals surface area (Å²) in [6.07, 6.45) is 0.944. The standard InChI is InChI=1S/C33H33.C21H12Cl2.C5H5.2ClH.Zr/c1-32(2,3)30-20-26-24(18-28(30)22-13-9-7-10-14-22)17-25-19-29(23-15-11-8-12-16-23)31(21-27(25)26)33(4,5)6;22-20-11-3-7-16-14(5-1-9-18(16)20)13-15-6-2-10-19-17(15)8-4-12-21(19)23;1-2-4-5-3-1;;;/h7-16,18,20-21H,17H2,1-6H3;1-12H;1-5H;2*1H;/q-1;;-1;;;+2/p-2. The van der Waals surface area contributed by atoms with E-state index < -0.39 is 0 Å². The Morgan fingerprint density at radius 2 is 0.969 bits per heavy atom. The van der Waals surface area contributed by atoms with E-state index in [9.17, 15) is 0 Å². The van der Waals surface area contributed by atoms with E-state index in [1.165, 1.54) is 105 Å². The van der Waals surface area contributed by atoms with Crippen molar-refractivity contribution in [3.8, 4) is 33.4 Å². The van der Waals surface area contributed by atoms with Crippen LogP contribution in [0.2, 0.25) is 10.0 Å². The number of benzene rings is 8. The second kappa shape index (κ2) is 20.8. The summed E-state index contributed by atoms with van der Waals surface area (Å²) in [5.41, 5.74) is 16.0. The van der Waals surface area contributed by atoms with Crippen LogP contribution in [-0.2, 0) is 41.5 Å². The number of hydrogen-bond acceptors (Lipinski definition) is 0. The van der Waals surface area contributed by atoms with Crippen molar-refractivity contribution in [2.75, 3.05) is 0 Å². The fourth-order valence-electron chi connectivity index (χ4n) is 8.55. The molecule has 1 aliphatic carbocycles. The van der Waals surface area contributed by atoms with Crippen molar-refractivity contribution in [1.82, 2.24) is 0 Å². The molecule has 1 aliphatic rings. The molecule has 5 heteroatoms. The fraction of sp³-hybridized carbons (Fsp3) is 0.153. The maximum atomic E-state index is 6.38. The van der Waals surface area contributed by atoms with Crippen LogP contribution in [0.25, 0.3) is 54.9 Å². The van der Waals surface area contributed by atoms with Crippen LogP contribution >= 0.6 is 23.2 Å². The molecule has 0 aliphatic heterocycles. The molecule has 0 saturated heterocycles. The molecule has 320 valence electrons. The van der Waals surface area contributed by atoms with Crippen molar-refractivity contribution < 1.29 is 49.0 Å². The first kappa shape index (κ1) is 49.0. The number of halogens is 4. The van der Waals surface area contributed by atoms with E-state index in [0.29, 0.717) is 0 Å². The van der Waals surface area contributed by atoms with Gasteiger partial charge in [-0.1, -0.05) is 131 Å². The molecule has 0 unspecified atom stereocenters. The van der Waals surface area contributed by atoms with E-state index in [1.54, 1.807) is 0 Å². The minimum absolute atomic E-state index is 0. The van der Waals surface area contributed by atoms with E-state index >= 15 is 0 Å². The van der Waals surface area contributed by atoms with Crippen LogP contribution in [0, 0.1) is 6.07 Å². The second-order valence-electron chi connectivity index (χ2n) is 18.0. The third-order valence-electron chi connectivity index (χ3n) is 11.7. The molecule has 0 nitrogen and oxygen atoms in total. The van der Waals surface area contributed by atoms with Gasteiger partial charge >= 0.3 is 166 Å². The van der Waals surface area contributed by atoms with Gasteiger partial charge in [-0.05, 0) is 39.5 Å². The SMILES string of the molecule is CC(C)(C)c1cc2c([c-]c1-c1ccccc1)Cc1cc(-c3ccccc3)c(C(C)(C)C)cc1-2.Clc1cccc2c([C](=[Zr+2])c3cccc4c(Cl)cccc34)cccc12.[Cl-].[Cl-].c1cc[cH-]c1. The topological polar surface area (TPSA) is 0 Å². The number of fused-ring (bicyclic) bond motifs is 5. The van der Waals surface area contributed by atoms with Gasteiger partial charge in [0.25, 0.3) is 0 Å². The Kier molecular flexibility index (Phi) is 15.9. The zero-order valence-corrected chi connectivity index (χ0v) is 42.5. The van der Waals surface area contributed by atoms with Crippen molar-refractivity contribution in [1.29, 1.82) is 0 Å². The van der Waals surface area contributed by atoms with Crippen molar-refractivity contribution >= 4 is 48.0 Å². The van der Waals surface area contributed by atoms with Gasteiger partial charge in [-0.25, -0.2) is 12.1 Å². The smallest absolute Gasteiger partial charge is 0.172 e. The summed E-state index contributed by atoms with van der Waals surface area (Å²) in [5.74, 6) is 0. The molecule has 0 atom stereocenters. The molecule has 0 N–H and O–H groups in total. The van der Waals surface area contributed by atoms with E-state index in [0.717, 1.165) is 27.2 Å². The van der Waals surface area contributed by atoms with Gasteiger partial charge in [0, 0.05) is 0 Å². The molecule has 0 bridgehead atoms. The average molecular weight is 992 g/mol. The van der Waals surface area contributed by atoms with Crippen LogP contribution in [-0.4, -0.2) is 3.21 Å². The van der Waals surface area contributed by atoms with Crippen LogP contribution in [0.1, 0.15) is 74.9 Å². The fourth-order valence-corrected chi connectivity index (χ4v) is 10.1. The summed E-state index contributed by atoms with van der Waals surface area (Å²) >= 11 is 14.1. The van der Waals surface area contributed by atoms with Gasteiger partial charge in [-0.3, -0.25) is 0 Å². The van der Waals surface area contributed by atoms with Gasteiger partial charge in [0.1, 0.15) is 0 Å². The second-order valence-corrected chi connectivity index (χ2v) is 20.1. The first-order chi connectivity index (χ1) is 29.8. The predicted octanol–water partition coefficient (Wildman–Crippen LogP) is 10.8. The molecule has 0 fully saturated rings. The molecule has 10 rings (SSSR count). The summed E-state index contributed by atoms with van der Waals surface area (Å²) in [7, 11) is 0. The zero-order chi connectivity index (χ0) is 43.6. The molecule has 0 saturated carbocycles. The molecule has 0 aromatic heterocycles. The first-order valence-electron chi connectivity index (χ1n) is 21.3. The van der Waals surface area contributed by atoms with E-state index in [1.807, 2.05) is 54.6 Å². The average Bonchev–Trinajstić information content (AvgIpc) is 3.98. The van der Waals surface area contributed by atoms with Crippen molar-refractivity contribution in [2.45, 2.75) is 58.8 Å². The Balaban J connectivity index is 0.000000193. The Morgan fingerprint density at radius 3 is 1.45 bits per heavy atom.